The van der Waals surface area contributed by atoms with Crippen LogP contribution in [0.1, 0.15) is 47.8 Å². The van der Waals surface area contributed by atoms with Crippen LogP contribution in [0.4, 0.5) is 5.69 Å². The predicted molar refractivity (Wildman–Crippen MR) is 127 cm³/mol. The quantitative estimate of drug-likeness (QED) is 0.549. The molecule has 7 heteroatoms. The molecule has 0 aliphatic carbocycles. The van der Waals surface area contributed by atoms with E-state index in [0.717, 1.165) is 16.7 Å². The summed E-state index contributed by atoms with van der Waals surface area (Å²) in [6.45, 7) is 10.2. The molecule has 0 aliphatic heterocycles. The highest BCUT2D eigenvalue weighted by atomic mass is 32.2. The van der Waals surface area contributed by atoms with Crippen molar-refractivity contribution in [3.8, 4) is 11.5 Å². The standard InChI is InChI=1S/C25H28N2O4S/c1-16-9-12-22(17(2)13-16)31-23-14-18(25(3,4)5)10-11-21(23)24(28)27-19-7-6-8-20(15-19)32(26,29)30/h6-15H,1-5H3,(H,27,28)(H2,26,29,30). The fraction of sp³-hybridized carbons (Fsp3) is 0.240. The maximum absolute atomic E-state index is 13.1. The zero-order valence-electron chi connectivity index (χ0n) is 18.9. The Morgan fingerprint density at radius 1 is 0.938 bits per heavy atom. The van der Waals surface area contributed by atoms with E-state index in [-0.39, 0.29) is 10.3 Å². The first-order valence-corrected chi connectivity index (χ1v) is 11.7. The molecule has 1 amide bonds. The van der Waals surface area contributed by atoms with Crippen molar-refractivity contribution in [2.45, 2.75) is 44.9 Å². The highest BCUT2D eigenvalue weighted by Gasteiger charge is 2.21. The number of carbonyl (C=O) groups excluding carboxylic acids is 1. The zero-order chi connectivity index (χ0) is 23.7. The molecule has 0 spiro atoms. The van der Waals surface area contributed by atoms with Crippen LogP contribution in [-0.2, 0) is 15.4 Å². The lowest BCUT2D eigenvalue weighted by atomic mass is 9.86. The Bertz CT molecular complexity index is 1280. The molecular weight excluding hydrogens is 424 g/mol. The topological polar surface area (TPSA) is 98.5 Å². The maximum atomic E-state index is 13.1. The van der Waals surface area contributed by atoms with Gasteiger partial charge in [0.1, 0.15) is 11.5 Å². The second-order valence-electron chi connectivity index (χ2n) is 8.86. The number of hydrogen-bond donors (Lipinski definition) is 2. The molecule has 0 aliphatic rings. The second kappa shape index (κ2) is 8.76. The van der Waals surface area contributed by atoms with Crippen LogP contribution in [0.15, 0.2) is 65.6 Å². The third-order valence-corrected chi connectivity index (χ3v) is 5.97. The summed E-state index contributed by atoms with van der Waals surface area (Å²) in [6, 6.07) is 17.1. The van der Waals surface area contributed by atoms with Gasteiger partial charge in [0.2, 0.25) is 10.0 Å². The summed E-state index contributed by atoms with van der Waals surface area (Å²) in [6.07, 6.45) is 0. The highest BCUT2D eigenvalue weighted by Crippen LogP contribution is 2.33. The Labute approximate surface area is 189 Å². The smallest absolute Gasteiger partial charge is 0.259 e. The number of carbonyl (C=O) groups is 1. The van der Waals surface area contributed by atoms with Gasteiger partial charge in [-0.2, -0.15) is 0 Å². The van der Waals surface area contributed by atoms with E-state index >= 15 is 0 Å². The summed E-state index contributed by atoms with van der Waals surface area (Å²) in [5.41, 5.74) is 3.60. The van der Waals surface area contributed by atoms with Crippen LogP contribution in [0, 0.1) is 13.8 Å². The van der Waals surface area contributed by atoms with Crippen LogP contribution in [0.2, 0.25) is 0 Å². The lowest BCUT2D eigenvalue weighted by molar-refractivity contribution is 0.102. The summed E-state index contributed by atoms with van der Waals surface area (Å²) in [5, 5.41) is 7.94. The molecule has 0 saturated heterocycles. The van der Waals surface area contributed by atoms with E-state index in [2.05, 4.69) is 26.1 Å². The highest BCUT2D eigenvalue weighted by molar-refractivity contribution is 7.89. The number of sulfonamides is 1. The van der Waals surface area contributed by atoms with Gasteiger partial charge in [-0.1, -0.05) is 50.6 Å². The first-order valence-electron chi connectivity index (χ1n) is 10.2. The van der Waals surface area contributed by atoms with Crippen LogP contribution in [0.3, 0.4) is 0 Å². The van der Waals surface area contributed by atoms with Crippen LogP contribution in [0.25, 0.3) is 0 Å². The van der Waals surface area contributed by atoms with Gasteiger partial charge in [0.15, 0.2) is 0 Å². The molecule has 0 bridgehead atoms. The number of hydrogen-bond acceptors (Lipinski definition) is 4. The number of rotatable bonds is 5. The molecule has 3 N–H and O–H groups in total. The average Bonchev–Trinajstić information content (AvgIpc) is 2.69. The monoisotopic (exact) mass is 452 g/mol. The van der Waals surface area contributed by atoms with E-state index in [1.807, 2.05) is 44.2 Å². The van der Waals surface area contributed by atoms with Crippen molar-refractivity contribution in [2.75, 3.05) is 5.32 Å². The third kappa shape index (κ3) is 5.55. The van der Waals surface area contributed by atoms with E-state index in [1.165, 1.54) is 18.2 Å². The van der Waals surface area contributed by atoms with E-state index in [4.69, 9.17) is 9.88 Å². The van der Waals surface area contributed by atoms with Gasteiger partial charge in [0.25, 0.3) is 5.91 Å². The summed E-state index contributed by atoms with van der Waals surface area (Å²) in [5.74, 6) is 0.660. The van der Waals surface area contributed by atoms with Crippen LogP contribution in [0.5, 0.6) is 11.5 Å². The van der Waals surface area contributed by atoms with Gasteiger partial charge in [-0.15, -0.1) is 0 Å². The Kier molecular flexibility index (Phi) is 6.44. The van der Waals surface area contributed by atoms with Crippen molar-refractivity contribution < 1.29 is 17.9 Å². The summed E-state index contributed by atoms with van der Waals surface area (Å²) < 4.78 is 29.5. The SMILES string of the molecule is Cc1ccc(Oc2cc(C(C)(C)C)ccc2C(=O)Nc2cccc(S(N)(=O)=O)c2)c(C)c1. The number of aryl methyl sites for hydroxylation is 2. The molecule has 0 heterocycles. The van der Waals surface area contributed by atoms with Gasteiger partial charge >= 0.3 is 0 Å². The first-order chi connectivity index (χ1) is 14.8. The number of anilines is 1. The molecular formula is C25H28N2O4S. The fourth-order valence-corrected chi connectivity index (χ4v) is 3.80. The minimum Gasteiger partial charge on any atom is -0.456 e. The van der Waals surface area contributed by atoms with Crippen LogP contribution >= 0.6 is 0 Å². The van der Waals surface area contributed by atoms with E-state index < -0.39 is 15.9 Å². The zero-order valence-corrected chi connectivity index (χ0v) is 19.7. The van der Waals surface area contributed by atoms with Gasteiger partial charge in [0, 0.05) is 5.69 Å². The number of nitrogens with two attached hydrogens (primary N) is 1. The van der Waals surface area contributed by atoms with E-state index in [1.54, 1.807) is 12.1 Å². The van der Waals surface area contributed by atoms with Gasteiger partial charge in [-0.05, 0) is 66.8 Å². The van der Waals surface area contributed by atoms with Crippen LogP contribution in [-0.4, -0.2) is 14.3 Å². The number of benzene rings is 3. The molecule has 0 aromatic heterocycles. The molecule has 3 rings (SSSR count). The molecule has 32 heavy (non-hydrogen) atoms. The Morgan fingerprint density at radius 2 is 1.66 bits per heavy atom. The van der Waals surface area contributed by atoms with Crippen molar-refractivity contribution in [2.24, 2.45) is 5.14 Å². The lowest BCUT2D eigenvalue weighted by Crippen LogP contribution is -2.17. The third-order valence-electron chi connectivity index (χ3n) is 5.06. The van der Waals surface area contributed by atoms with Crippen LogP contribution < -0.4 is 15.2 Å². The minimum absolute atomic E-state index is 0.0786. The lowest BCUT2D eigenvalue weighted by Gasteiger charge is -2.22. The molecule has 0 fully saturated rings. The molecule has 168 valence electrons. The van der Waals surface area contributed by atoms with Crippen molar-refractivity contribution in [3.05, 3.63) is 82.9 Å². The van der Waals surface area contributed by atoms with Gasteiger partial charge < -0.3 is 10.1 Å². The second-order valence-corrected chi connectivity index (χ2v) is 10.4. The van der Waals surface area contributed by atoms with Gasteiger partial charge in [-0.25, -0.2) is 13.6 Å². The van der Waals surface area contributed by atoms with Crippen molar-refractivity contribution in [1.82, 2.24) is 0 Å². The largest absolute Gasteiger partial charge is 0.456 e. The number of nitrogens with one attached hydrogen (secondary N) is 1. The maximum Gasteiger partial charge on any atom is 0.259 e. The van der Waals surface area contributed by atoms with E-state index in [9.17, 15) is 13.2 Å². The normalized spacial score (nSPS) is 11.8. The molecule has 6 nitrogen and oxygen atoms in total. The molecule has 0 saturated carbocycles. The molecule has 0 radical (unpaired) electrons. The molecule has 0 atom stereocenters. The summed E-state index contributed by atoms with van der Waals surface area (Å²) in [4.78, 5) is 13.0. The predicted octanol–water partition coefficient (Wildman–Crippen LogP) is 5.29. The van der Waals surface area contributed by atoms with Crippen molar-refractivity contribution in [1.29, 1.82) is 0 Å². The van der Waals surface area contributed by atoms with Gasteiger partial charge in [-0.3, -0.25) is 4.79 Å². The summed E-state index contributed by atoms with van der Waals surface area (Å²) in [7, 11) is -3.88. The van der Waals surface area contributed by atoms with Crippen molar-refractivity contribution in [3.63, 3.8) is 0 Å². The minimum atomic E-state index is -3.88. The molecule has 3 aromatic rings. The first kappa shape index (κ1) is 23.5. The number of amides is 1. The average molecular weight is 453 g/mol. The summed E-state index contributed by atoms with van der Waals surface area (Å²) >= 11 is 0. The van der Waals surface area contributed by atoms with Gasteiger partial charge in [0.05, 0.1) is 10.5 Å². The molecule has 3 aromatic carbocycles. The number of ether oxygens (including phenoxy) is 1. The Balaban J connectivity index is 2.00. The molecule has 0 unspecified atom stereocenters. The fourth-order valence-electron chi connectivity index (χ4n) is 3.24. The van der Waals surface area contributed by atoms with Crippen molar-refractivity contribution >= 4 is 21.6 Å². The Morgan fingerprint density at radius 3 is 2.28 bits per heavy atom. The number of primary sulfonamides is 1. The van der Waals surface area contributed by atoms with E-state index in [0.29, 0.717) is 22.7 Å². The Hall–Kier alpha value is -3.16.